The molecule has 0 amide bonds. The van der Waals surface area contributed by atoms with Crippen molar-refractivity contribution in [1.29, 1.82) is 0 Å². The molecule has 1 radical (unpaired) electrons. The Kier molecular flexibility index (Phi) is 6.29. The molecule has 0 aliphatic carbocycles. The van der Waals surface area contributed by atoms with Gasteiger partial charge in [0.25, 0.3) is 0 Å². The van der Waals surface area contributed by atoms with Gasteiger partial charge in [0, 0.05) is 0 Å². The topological polar surface area (TPSA) is 29.5 Å². The zero-order chi connectivity index (χ0) is 18.2. The molecule has 0 unspecified atom stereocenters. The standard InChI is InChI=1S/C20H35GeO2/c1-13(2)21(14(3)4)23-18-16(20(8,9)10)11-15(12-17(18)22)19(5,6)7/h11-14,22H,1-10H3. The van der Waals surface area contributed by atoms with Gasteiger partial charge in [-0.3, -0.25) is 0 Å². The van der Waals surface area contributed by atoms with Crippen molar-refractivity contribution < 1.29 is 8.87 Å². The summed E-state index contributed by atoms with van der Waals surface area (Å²) in [5, 5.41) is 10.7. The first-order valence-electron chi connectivity index (χ1n) is 8.67. The minimum atomic E-state index is -1.76. The number of aromatic hydroxyl groups is 1. The predicted octanol–water partition coefficient (Wildman–Crippen LogP) is 6.18. The fourth-order valence-electron chi connectivity index (χ4n) is 2.73. The average Bonchev–Trinajstić information content (AvgIpc) is 2.32. The van der Waals surface area contributed by atoms with E-state index in [4.69, 9.17) is 3.76 Å². The summed E-state index contributed by atoms with van der Waals surface area (Å²) in [4.78, 5) is 0. The SMILES string of the molecule is C[CH](C)[Ge]([O]c1c(O)cc(C(C)(C)C)cc1C(C)(C)C)[CH](C)C. The van der Waals surface area contributed by atoms with Crippen molar-refractivity contribution in [1.82, 2.24) is 0 Å². The van der Waals surface area contributed by atoms with Crippen LogP contribution in [0.2, 0.25) is 9.50 Å². The number of rotatable bonds is 4. The number of hydrogen-bond donors (Lipinski definition) is 1. The second-order valence-electron chi connectivity index (χ2n) is 9.19. The Hall–Kier alpha value is -0.637. The molecule has 1 aromatic carbocycles. The molecule has 0 aromatic heterocycles. The molecule has 0 bridgehead atoms. The van der Waals surface area contributed by atoms with Gasteiger partial charge in [-0.25, -0.2) is 0 Å². The summed E-state index contributed by atoms with van der Waals surface area (Å²) >= 11 is -1.76. The summed E-state index contributed by atoms with van der Waals surface area (Å²) in [6.45, 7) is 22.1. The molecule has 1 aromatic rings. The molecule has 0 spiro atoms. The summed E-state index contributed by atoms with van der Waals surface area (Å²) in [5.74, 6) is 1.02. The quantitative estimate of drug-likeness (QED) is 0.633. The maximum absolute atomic E-state index is 10.7. The van der Waals surface area contributed by atoms with Crippen LogP contribution >= 0.6 is 0 Å². The third-order valence-electron chi connectivity index (χ3n) is 4.10. The van der Waals surface area contributed by atoms with Gasteiger partial charge in [-0.2, -0.15) is 0 Å². The Labute approximate surface area is 148 Å². The zero-order valence-corrected chi connectivity index (χ0v) is 18.8. The van der Waals surface area contributed by atoms with Gasteiger partial charge in [-0.05, 0) is 0 Å². The van der Waals surface area contributed by atoms with E-state index in [1.807, 2.05) is 6.07 Å². The van der Waals surface area contributed by atoms with Gasteiger partial charge in [0.15, 0.2) is 0 Å². The van der Waals surface area contributed by atoms with Crippen molar-refractivity contribution in [2.24, 2.45) is 0 Å². The van der Waals surface area contributed by atoms with E-state index in [0.717, 1.165) is 16.9 Å². The molecule has 0 aliphatic heterocycles. The van der Waals surface area contributed by atoms with Crippen LogP contribution in [-0.4, -0.2) is 19.8 Å². The normalized spacial score (nSPS) is 13.3. The van der Waals surface area contributed by atoms with Crippen LogP contribution in [-0.2, 0) is 10.8 Å². The molecule has 23 heavy (non-hydrogen) atoms. The minimum absolute atomic E-state index is 0.00518. The first-order chi connectivity index (χ1) is 10.2. The molecule has 0 aliphatic rings. The fraction of sp³-hybridized carbons (Fsp3) is 0.700. The molecule has 2 nitrogen and oxygen atoms in total. The molecule has 0 fully saturated rings. The van der Waals surface area contributed by atoms with Gasteiger partial charge in [-0.1, -0.05) is 0 Å². The van der Waals surface area contributed by atoms with Crippen molar-refractivity contribution in [3.8, 4) is 11.5 Å². The number of hydrogen-bond acceptors (Lipinski definition) is 2. The van der Waals surface area contributed by atoms with E-state index in [2.05, 4.69) is 75.3 Å². The van der Waals surface area contributed by atoms with E-state index in [1.54, 1.807) is 0 Å². The van der Waals surface area contributed by atoms with Crippen LogP contribution in [0.5, 0.6) is 11.5 Å². The van der Waals surface area contributed by atoms with Crippen LogP contribution < -0.4 is 3.76 Å². The second-order valence-corrected chi connectivity index (χ2v) is 16.1. The summed E-state index contributed by atoms with van der Waals surface area (Å²) in [6.07, 6.45) is 0. The van der Waals surface area contributed by atoms with Crippen molar-refractivity contribution in [2.45, 2.75) is 89.6 Å². The first-order valence-corrected chi connectivity index (χ1v) is 12.0. The van der Waals surface area contributed by atoms with Crippen LogP contribution in [0.1, 0.15) is 80.4 Å². The Bertz CT molecular complexity index is 526. The molecule has 0 atom stereocenters. The van der Waals surface area contributed by atoms with E-state index in [0.29, 0.717) is 15.3 Å². The molecule has 0 heterocycles. The van der Waals surface area contributed by atoms with Crippen LogP contribution in [0.4, 0.5) is 0 Å². The Morgan fingerprint density at radius 3 is 1.70 bits per heavy atom. The third kappa shape index (κ3) is 5.17. The number of phenols is 1. The van der Waals surface area contributed by atoms with E-state index in [9.17, 15) is 5.11 Å². The van der Waals surface area contributed by atoms with Crippen molar-refractivity contribution in [2.75, 3.05) is 0 Å². The van der Waals surface area contributed by atoms with Crippen LogP contribution in [0.3, 0.4) is 0 Å². The van der Waals surface area contributed by atoms with Gasteiger partial charge in [0.1, 0.15) is 0 Å². The van der Waals surface area contributed by atoms with Gasteiger partial charge in [-0.15, -0.1) is 0 Å². The third-order valence-corrected chi connectivity index (χ3v) is 9.80. The van der Waals surface area contributed by atoms with Crippen molar-refractivity contribution in [3.63, 3.8) is 0 Å². The summed E-state index contributed by atoms with van der Waals surface area (Å²) < 4.78 is 7.63. The Balaban J connectivity index is 3.47. The molecule has 1 rings (SSSR count). The Morgan fingerprint density at radius 1 is 0.870 bits per heavy atom. The molecule has 3 heteroatoms. The van der Waals surface area contributed by atoms with Crippen LogP contribution in [0.25, 0.3) is 0 Å². The molecule has 1 N–H and O–H groups in total. The van der Waals surface area contributed by atoms with E-state index in [1.165, 1.54) is 0 Å². The maximum atomic E-state index is 10.7. The van der Waals surface area contributed by atoms with Crippen molar-refractivity contribution >= 4 is 14.7 Å². The zero-order valence-electron chi connectivity index (χ0n) is 16.7. The van der Waals surface area contributed by atoms with E-state index in [-0.39, 0.29) is 10.8 Å². The monoisotopic (exact) mass is 381 g/mol. The van der Waals surface area contributed by atoms with Gasteiger partial charge in [0.2, 0.25) is 0 Å². The fourth-order valence-corrected chi connectivity index (χ4v) is 7.46. The van der Waals surface area contributed by atoms with Gasteiger partial charge >= 0.3 is 148 Å². The van der Waals surface area contributed by atoms with Gasteiger partial charge < -0.3 is 0 Å². The summed E-state index contributed by atoms with van der Waals surface area (Å²) in [5.41, 5.74) is 2.22. The van der Waals surface area contributed by atoms with E-state index >= 15 is 0 Å². The molecular weight excluding hydrogens is 345 g/mol. The van der Waals surface area contributed by atoms with Crippen LogP contribution in [0, 0.1) is 0 Å². The number of phenolic OH excluding ortho intramolecular Hbond substituents is 1. The predicted molar refractivity (Wildman–Crippen MR) is 102 cm³/mol. The second kappa shape index (κ2) is 7.08. The molecule has 0 saturated heterocycles. The van der Waals surface area contributed by atoms with E-state index < -0.39 is 14.7 Å². The first kappa shape index (κ1) is 20.4. The molecule has 0 saturated carbocycles. The Morgan fingerprint density at radius 2 is 1.35 bits per heavy atom. The van der Waals surface area contributed by atoms with Crippen LogP contribution in [0.15, 0.2) is 12.1 Å². The molecular formula is C20H35GeO2. The number of benzene rings is 1. The average molecular weight is 380 g/mol. The summed E-state index contributed by atoms with van der Waals surface area (Å²) in [6, 6.07) is 4.12. The summed E-state index contributed by atoms with van der Waals surface area (Å²) in [7, 11) is 0. The molecule has 131 valence electrons. The van der Waals surface area contributed by atoms with Crippen molar-refractivity contribution in [3.05, 3.63) is 23.3 Å². The van der Waals surface area contributed by atoms with Gasteiger partial charge in [0.05, 0.1) is 0 Å².